The van der Waals surface area contributed by atoms with E-state index in [0.717, 1.165) is 14.0 Å². The molecule has 3 aromatic carbocycles. The summed E-state index contributed by atoms with van der Waals surface area (Å²) >= 11 is 2.21. The van der Waals surface area contributed by atoms with E-state index in [2.05, 4.69) is 27.9 Å². The van der Waals surface area contributed by atoms with Crippen molar-refractivity contribution in [3.05, 3.63) is 92.6 Å². The molecule has 172 valence electrons. The first-order valence-corrected chi connectivity index (χ1v) is 11.7. The lowest BCUT2D eigenvalue weighted by molar-refractivity contribution is -0.119. The zero-order chi connectivity index (χ0) is 24.4. The normalized spacial score (nSPS) is 12.6. The minimum atomic E-state index is -0.736. The molecule has 0 radical (unpaired) electrons. The summed E-state index contributed by atoms with van der Waals surface area (Å²) in [5.74, 6) is -1.90. The van der Waals surface area contributed by atoms with Gasteiger partial charge in [0.25, 0.3) is 17.7 Å². The second-order valence-electron chi connectivity index (χ2n) is 8.05. The minimum Gasteiger partial charge on any atom is -0.452 e. The van der Waals surface area contributed by atoms with Crippen LogP contribution >= 0.6 is 22.6 Å². The van der Waals surface area contributed by atoms with E-state index < -0.39 is 30.3 Å². The number of halogens is 1. The van der Waals surface area contributed by atoms with E-state index in [1.807, 2.05) is 32.0 Å². The largest absolute Gasteiger partial charge is 0.452 e. The number of amides is 3. The molecule has 8 heteroatoms. The Hall–Kier alpha value is -3.53. The quantitative estimate of drug-likeness (QED) is 0.257. The van der Waals surface area contributed by atoms with Crippen molar-refractivity contribution in [2.75, 3.05) is 16.8 Å². The first-order valence-electron chi connectivity index (χ1n) is 10.6. The van der Waals surface area contributed by atoms with Gasteiger partial charge >= 0.3 is 5.97 Å². The number of hydrogen-bond donors (Lipinski definition) is 1. The number of hydrogen-bond acceptors (Lipinski definition) is 5. The SMILES string of the molecule is CC(C)c1cc(I)ccc1NC(=O)COC(=O)c1cccc(N2C(=O)c3ccccc3C2=O)c1. The number of anilines is 2. The number of nitrogens with zero attached hydrogens (tertiary/aromatic N) is 1. The molecule has 0 bridgehead atoms. The molecule has 3 amide bonds. The van der Waals surface area contributed by atoms with Crippen molar-refractivity contribution in [1.82, 2.24) is 0 Å². The molecule has 0 saturated carbocycles. The van der Waals surface area contributed by atoms with E-state index >= 15 is 0 Å². The van der Waals surface area contributed by atoms with Crippen LogP contribution in [0.15, 0.2) is 66.7 Å². The van der Waals surface area contributed by atoms with E-state index in [-0.39, 0.29) is 17.2 Å². The van der Waals surface area contributed by atoms with E-state index in [4.69, 9.17) is 4.74 Å². The molecule has 0 atom stereocenters. The predicted octanol–water partition coefficient (Wildman–Crippen LogP) is 5.01. The Morgan fingerprint density at radius 1 is 0.941 bits per heavy atom. The first kappa shape index (κ1) is 23.6. The molecule has 0 spiro atoms. The Kier molecular flexibility index (Phi) is 6.78. The number of ether oxygens (including phenoxy) is 1. The van der Waals surface area contributed by atoms with E-state index in [9.17, 15) is 19.2 Å². The van der Waals surface area contributed by atoms with Crippen molar-refractivity contribution in [2.24, 2.45) is 0 Å². The van der Waals surface area contributed by atoms with Crippen LogP contribution < -0.4 is 10.2 Å². The molecule has 1 N–H and O–H groups in total. The maximum Gasteiger partial charge on any atom is 0.338 e. The van der Waals surface area contributed by atoms with Gasteiger partial charge in [-0.25, -0.2) is 9.69 Å². The zero-order valence-corrected chi connectivity index (χ0v) is 20.7. The van der Waals surface area contributed by atoms with Gasteiger partial charge in [-0.15, -0.1) is 0 Å². The summed E-state index contributed by atoms with van der Waals surface area (Å²) in [4.78, 5) is 51.4. The average molecular weight is 568 g/mol. The van der Waals surface area contributed by atoms with Gasteiger partial charge in [0, 0.05) is 9.26 Å². The van der Waals surface area contributed by atoms with Gasteiger partial charge in [0.15, 0.2) is 6.61 Å². The number of carbonyl (C=O) groups excluding carboxylic acids is 4. The number of imide groups is 1. The Morgan fingerprint density at radius 3 is 2.26 bits per heavy atom. The second kappa shape index (κ2) is 9.76. The molecule has 0 saturated heterocycles. The number of nitrogens with one attached hydrogen (secondary N) is 1. The average Bonchev–Trinajstić information content (AvgIpc) is 3.08. The standard InChI is InChI=1S/C26H21IN2O5/c1-15(2)21-13-17(27)10-11-22(21)28-23(30)14-34-26(33)16-6-5-7-18(12-16)29-24(31)19-8-3-4-9-20(19)25(29)32/h3-13,15H,14H2,1-2H3,(H,28,30). The number of fused-ring (bicyclic) bond motifs is 1. The number of carbonyl (C=O) groups is 4. The van der Waals surface area contributed by atoms with Crippen LogP contribution in [-0.2, 0) is 9.53 Å². The molecular formula is C26H21IN2O5. The Bertz CT molecular complexity index is 1280. The minimum absolute atomic E-state index is 0.124. The predicted molar refractivity (Wildman–Crippen MR) is 136 cm³/mol. The van der Waals surface area contributed by atoms with Gasteiger partial charge in [-0.3, -0.25) is 14.4 Å². The third-order valence-corrected chi connectivity index (χ3v) is 6.05. The fourth-order valence-electron chi connectivity index (χ4n) is 3.72. The monoisotopic (exact) mass is 568 g/mol. The second-order valence-corrected chi connectivity index (χ2v) is 9.30. The highest BCUT2D eigenvalue weighted by Crippen LogP contribution is 2.29. The van der Waals surface area contributed by atoms with Gasteiger partial charge in [0.1, 0.15) is 0 Å². The van der Waals surface area contributed by atoms with Crippen LogP contribution in [0.5, 0.6) is 0 Å². The summed E-state index contributed by atoms with van der Waals surface area (Å²) in [6, 6.07) is 18.3. The molecule has 0 fully saturated rings. The fourth-order valence-corrected chi connectivity index (χ4v) is 4.24. The Morgan fingerprint density at radius 2 is 1.62 bits per heavy atom. The number of rotatable bonds is 6. The van der Waals surface area contributed by atoms with Gasteiger partial charge in [-0.2, -0.15) is 0 Å². The topological polar surface area (TPSA) is 92.8 Å². The third-order valence-electron chi connectivity index (χ3n) is 5.38. The van der Waals surface area contributed by atoms with E-state index in [0.29, 0.717) is 16.8 Å². The van der Waals surface area contributed by atoms with Crippen molar-refractivity contribution < 1.29 is 23.9 Å². The summed E-state index contributed by atoms with van der Waals surface area (Å²) < 4.78 is 6.24. The maximum atomic E-state index is 12.7. The molecule has 34 heavy (non-hydrogen) atoms. The molecule has 4 rings (SSSR count). The van der Waals surface area contributed by atoms with Crippen molar-refractivity contribution in [2.45, 2.75) is 19.8 Å². The summed E-state index contributed by atoms with van der Waals surface area (Å²) in [5.41, 5.74) is 2.66. The lowest BCUT2D eigenvalue weighted by atomic mass is 10.0. The molecular weight excluding hydrogens is 547 g/mol. The van der Waals surface area contributed by atoms with E-state index in [1.165, 1.54) is 12.1 Å². The molecule has 3 aromatic rings. The highest BCUT2D eigenvalue weighted by atomic mass is 127. The lowest BCUT2D eigenvalue weighted by Crippen LogP contribution is -2.29. The highest BCUT2D eigenvalue weighted by molar-refractivity contribution is 14.1. The van der Waals surface area contributed by atoms with E-state index in [1.54, 1.807) is 36.4 Å². The van der Waals surface area contributed by atoms with Gasteiger partial charge in [0.05, 0.1) is 22.4 Å². The van der Waals surface area contributed by atoms with Crippen molar-refractivity contribution in [3.63, 3.8) is 0 Å². The fraction of sp³-hybridized carbons (Fsp3) is 0.154. The van der Waals surface area contributed by atoms with Crippen molar-refractivity contribution >= 4 is 57.7 Å². The molecule has 0 aliphatic carbocycles. The van der Waals surface area contributed by atoms with Crippen LogP contribution in [0.4, 0.5) is 11.4 Å². The smallest absolute Gasteiger partial charge is 0.338 e. The number of esters is 1. The third kappa shape index (κ3) is 4.72. The first-order chi connectivity index (χ1) is 16.3. The lowest BCUT2D eigenvalue weighted by Gasteiger charge is -2.15. The Balaban J connectivity index is 1.43. The van der Waals surface area contributed by atoms with Crippen molar-refractivity contribution in [1.29, 1.82) is 0 Å². The zero-order valence-electron chi connectivity index (χ0n) is 18.5. The van der Waals surface area contributed by atoms with Crippen LogP contribution in [0, 0.1) is 3.57 Å². The van der Waals surface area contributed by atoms with Gasteiger partial charge in [0.2, 0.25) is 0 Å². The molecule has 1 heterocycles. The molecule has 0 aromatic heterocycles. The molecule has 7 nitrogen and oxygen atoms in total. The van der Waals surface area contributed by atoms with Crippen LogP contribution in [0.2, 0.25) is 0 Å². The van der Waals surface area contributed by atoms with Crippen molar-refractivity contribution in [3.8, 4) is 0 Å². The van der Waals surface area contributed by atoms with Gasteiger partial charge < -0.3 is 10.1 Å². The van der Waals surface area contributed by atoms with Gasteiger partial charge in [-0.05, 0) is 82.6 Å². The van der Waals surface area contributed by atoms with Crippen LogP contribution in [0.25, 0.3) is 0 Å². The molecule has 0 unspecified atom stereocenters. The number of benzene rings is 3. The van der Waals surface area contributed by atoms with Crippen LogP contribution in [0.3, 0.4) is 0 Å². The highest BCUT2D eigenvalue weighted by Gasteiger charge is 2.36. The molecule has 1 aliphatic heterocycles. The summed E-state index contributed by atoms with van der Waals surface area (Å²) in [6.45, 7) is 3.59. The van der Waals surface area contributed by atoms with Crippen LogP contribution in [0.1, 0.15) is 56.4 Å². The van der Waals surface area contributed by atoms with Crippen LogP contribution in [-0.4, -0.2) is 30.3 Å². The summed E-state index contributed by atoms with van der Waals surface area (Å²) in [6.07, 6.45) is 0. The summed E-state index contributed by atoms with van der Waals surface area (Å²) in [5, 5.41) is 2.79. The molecule has 1 aliphatic rings. The Labute approximate surface area is 210 Å². The summed E-state index contributed by atoms with van der Waals surface area (Å²) in [7, 11) is 0. The maximum absolute atomic E-state index is 12.7. The van der Waals surface area contributed by atoms with Gasteiger partial charge in [-0.1, -0.05) is 32.0 Å².